The number of anilines is 4. The second-order valence-electron chi connectivity index (χ2n) is 6.38. The fourth-order valence-electron chi connectivity index (χ4n) is 3.25. The van der Waals surface area contributed by atoms with Crippen LogP contribution in [0.5, 0.6) is 0 Å². The molecule has 0 aliphatic carbocycles. The van der Waals surface area contributed by atoms with Crippen molar-refractivity contribution in [1.82, 2.24) is 19.9 Å². The molecule has 0 amide bonds. The Balaban J connectivity index is 1.73. The Morgan fingerprint density at radius 3 is 1.82 bits per heavy atom. The summed E-state index contributed by atoms with van der Waals surface area (Å²) in [7, 11) is 0. The summed E-state index contributed by atoms with van der Waals surface area (Å²) in [4.78, 5) is 19.7. The van der Waals surface area contributed by atoms with Gasteiger partial charge in [0.15, 0.2) is 0 Å². The molecule has 28 heavy (non-hydrogen) atoms. The van der Waals surface area contributed by atoms with E-state index >= 15 is 0 Å². The number of nitrogens with zero attached hydrogens (tertiary/aromatic N) is 5. The second-order valence-corrected chi connectivity index (χ2v) is 6.38. The van der Waals surface area contributed by atoms with E-state index in [-0.39, 0.29) is 0 Å². The number of pyridine rings is 2. The molecule has 0 radical (unpaired) electrons. The molecule has 0 atom stereocenters. The Morgan fingerprint density at radius 2 is 1.25 bits per heavy atom. The van der Waals surface area contributed by atoms with Crippen molar-refractivity contribution in [2.24, 2.45) is 0 Å². The lowest BCUT2D eigenvalue weighted by Gasteiger charge is -2.23. The zero-order valence-electron chi connectivity index (χ0n) is 14.9. The van der Waals surface area contributed by atoms with Gasteiger partial charge in [0.1, 0.15) is 5.82 Å². The van der Waals surface area contributed by atoms with Crippen LogP contribution in [-0.4, -0.2) is 19.9 Å². The second kappa shape index (κ2) is 6.59. The van der Waals surface area contributed by atoms with E-state index in [1.165, 1.54) is 0 Å². The summed E-state index contributed by atoms with van der Waals surface area (Å²) in [5.41, 5.74) is 9.65. The van der Waals surface area contributed by atoms with Crippen molar-refractivity contribution in [3.05, 3.63) is 85.3 Å². The van der Waals surface area contributed by atoms with Crippen LogP contribution in [0.25, 0.3) is 21.8 Å². The molecule has 0 fully saturated rings. The van der Waals surface area contributed by atoms with Gasteiger partial charge < -0.3 is 5.73 Å². The largest absolute Gasteiger partial charge is 0.384 e. The number of nitrogen functional groups attached to an aromatic ring is 1. The fourth-order valence-corrected chi connectivity index (χ4v) is 3.25. The summed E-state index contributed by atoms with van der Waals surface area (Å²) in [5, 5.41) is 2.08. The van der Waals surface area contributed by atoms with E-state index < -0.39 is 0 Å². The Hall–Kier alpha value is -4.06. The van der Waals surface area contributed by atoms with Crippen molar-refractivity contribution in [1.29, 1.82) is 0 Å². The summed E-state index contributed by atoms with van der Waals surface area (Å²) in [5.74, 6) is 0.923. The first kappa shape index (κ1) is 16.1. The van der Waals surface area contributed by atoms with Gasteiger partial charge in [-0.3, -0.25) is 14.9 Å². The number of rotatable bonds is 3. The quantitative estimate of drug-likeness (QED) is 0.503. The standard InChI is InChI=1S/C22H16N6/c23-21-9-12-26-22(27-21)28(17-5-7-19-15(13-17)3-1-10-24-19)18-6-8-20-16(14-18)4-2-11-25-20/h1-14H,(H2,23,26,27). The van der Waals surface area contributed by atoms with E-state index in [4.69, 9.17) is 5.73 Å². The van der Waals surface area contributed by atoms with Crippen LogP contribution < -0.4 is 10.6 Å². The minimum atomic E-state index is 0.417. The van der Waals surface area contributed by atoms with Gasteiger partial charge in [-0.2, -0.15) is 4.98 Å². The molecule has 5 aromatic rings. The molecule has 3 heterocycles. The first-order chi connectivity index (χ1) is 13.8. The summed E-state index contributed by atoms with van der Waals surface area (Å²) in [6, 6.07) is 21.7. The third-order valence-electron chi connectivity index (χ3n) is 4.55. The molecule has 6 heteroatoms. The van der Waals surface area contributed by atoms with Gasteiger partial charge in [0.05, 0.1) is 11.0 Å². The summed E-state index contributed by atoms with van der Waals surface area (Å²) < 4.78 is 0. The van der Waals surface area contributed by atoms with E-state index in [0.29, 0.717) is 11.8 Å². The molecule has 134 valence electrons. The van der Waals surface area contributed by atoms with Crippen molar-refractivity contribution < 1.29 is 0 Å². The topological polar surface area (TPSA) is 80.8 Å². The molecule has 2 N–H and O–H groups in total. The number of hydrogen-bond acceptors (Lipinski definition) is 6. The van der Waals surface area contributed by atoms with Crippen molar-refractivity contribution in [2.75, 3.05) is 10.6 Å². The predicted molar refractivity (Wildman–Crippen MR) is 112 cm³/mol. The van der Waals surface area contributed by atoms with Crippen molar-refractivity contribution in [3.8, 4) is 0 Å². The van der Waals surface area contributed by atoms with Crippen LogP contribution in [0.1, 0.15) is 0 Å². The number of nitrogens with two attached hydrogens (primary N) is 1. The van der Waals surface area contributed by atoms with Gasteiger partial charge in [-0.05, 0) is 54.6 Å². The normalized spacial score (nSPS) is 11.0. The molecule has 2 aromatic carbocycles. The summed E-state index contributed by atoms with van der Waals surface area (Å²) in [6.45, 7) is 0. The molecular formula is C22H16N6. The van der Waals surface area contributed by atoms with Crippen molar-refractivity contribution >= 4 is 44.9 Å². The van der Waals surface area contributed by atoms with Crippen molar-refractivity contribution in [2.45, 2.75) is 0 Å². The van der Waals surface area contributed by atoms with Crippen molar-refractivity contribution in [3.63, 3.8) is 0 Å². The number of fused-ring (bicyclic) bond motifs is 2. The highest BCUT2D eigenvalue weighted by Crippen LogP contribution is 2.35. The maximum absolute atomic E-state index is 5.94. The van der Waals surface area contributed by atoms with Crippen LogP contribution in [0, 0.1) is 0 Å². The van der Waals surface area contributed by atoms with Gasteiger partial charge in [-0.1, -0.05) is 12.1 Å². The molecule has 6 nitrogen and oxygen atoms in total. The summed E-state index contributed by atoms with van der Waals surface area (Å²) >= 11 is 0. The van der Waals surface area contributed by atoms with Crippen LogP contribution in [-0.2, 0) is 0 Å². The zero-order chi connectivity index (χ0) is 18.9. The van der Waals surface area contributed by atoms with Gasteiger partial charge >= 0.3 is 0 Å². The average molecular weight is 364 g/mol. The van der Waals surface area contributed by atoms with Gasteiger partial charge in [0, 0.05) is 40.7 Å². The first-order valence-electron chi connectivity index (χ1n) is 8.86. The third kappa shape index (κ3) is 2.87. The fraction of sp³-hybridized carbons (Fsp3) is 0. The molecule has 5 rings (SSSR count). The van der Waals surface area contributed by atoms with E-state index in [1.807, 2.05) is 53.4 Å². The molecule has 0 aliphatic heterocycles. The molecule has 0 aliphatic rings. The van der Waals surface area contributed by atoms with Crippen LogP contribution >= 0.6 is 0 Å². The lowest BCUT2D eigenvalue weighted by atomic mass is 10.1. The predicted octanol–water partition coefficient (Wildman–Crippen LogP) is 4.63. The third-order valence-corrected chi connectivity index (χ3v) is 4.55. The lowest BCUT2D eigenvalue weighted by molar-refractivity contribution is 1.09. The monoisotopic (exact) mass is 364 g/mol. The lowest BCUT2D eigenvalue weighted by Crippen LogP contribution is -2.14. The maximum atomic E-state index is 5.94. The van der Waals surface area contributed by atoms with E-state index in [1.54, 1.807) is 24.7 Å². The highest BCUT2D eigenvalue weighted by molar-refractivity contribution is 5.89. The Kier molecular flexibility index (Phi) is 3.80. The van der Waals surface area contributed by atoms with Crippen LogP contribution in [0.4, 0.5) is 23.1 Å². The Bertz CT molecular complexity index is 1220. The van der Waals surface area contributed by atoms with Gasteiger partial charge in [-0.25, -0.2) is 4.98 Å². The van der Waals surface area contributed by atoms with Gasteiger partial charge in [0.2, 0.25) is 5.95 Å². The molecular weight excluding hydrogens is 348 g/mol. The Labute approximate surface area is 161 Å². The van der Waals surface area contributed by atoms with E-state index in [0.717, 1.165) is 33.2 Å². The molecule has 0 saturated carbocycles. The first-order valence-corrected chi connectivity index (χ1v) is 8.86. The SMILES string of the molecule is Nc1ccnc(N(c2ccc3ncccc3c2)c2ccc3ncccc3c2)n1. The number of aromatic nitrogens is 4. The highest BCUT2D eigenvalue weighted by Gasteiger charge is 2.16. The number of hydrogen-bond donors (Lipinski definition) is 1. The van der Waals surface area contributed by atoms with E-state index in [2.05, 4.69) is 32.1 Å². The average Bonchev–Trinajstić information content (AvgIpc) is 2.74. The minimum Gasteiger partial charge on any atom is -0.384 e. The van der Waals surface area contributed by atoms with Gasteiger partial charge in [0.25, 0.3) is 0 Å². The number of benzene rings is 2. The summed E-state index contributed by atoms with van der Waals surface area (Å²) in [6.07, 6.45) is 5.24. The molecule has 0 spiro atoms. The zero-order valence-corrected chi connectivity index (χ0v) is 14.9. The van der Waals surface area contributed by atoms with E-state index in [9.17, 15) is 0 Å². The molecule has 0 unspecified atom stereocenters. The van der Waals surface area contributed by atoms with Crippen LogP contribution in [0.15, 0.2) is 85.3 Å². The van der Waals surface area contributed by atoms with Crippen LogP contribution in [0.3, 0.4) is 0 Å². The Morgan fingerprint density at radius 1 is 0.643 bits per heavy atom. The molecule has 3 aromatic heterocycles. The maximum Gasteiger partial charge on any atom is 0.236 e. The van der Waals surface area contributed by atoms with Crippen LogP contribution in [0.2, 0.25) is 0 Å². The smallest absolute Gasteiger partial charge is 0.236 e. The van der Waals surface area contributed by atoms with Gasteiger partial charge in [-0.15, -0.1) is 0 Å². The molecule has 0 bridgehead atoms. The molecule has 0 saturated heterocycles. The minimum absolute atomic E-state index is 0.417. The highest BCUT2D eigenvalue weighted by atomic mass is 15.3.